The van der Waals surface area contributed by atoms with Crippen LogP contribution in [0.1, 0.15) is 11.1 Å². The Hall–Kier alpha value is -3.50. The highest BCUT2D eigenvalue weighted by Gasteiger charge is 2.18. The summed E-state index contributed by atoms with van der Waals surface area (Å²) in [4.78, 5) is 3.08. The first-order valence-corrected chi connectivity index (χ1v) is 6.72. The van der Waals surface area contributed by atoms with E-state index in [4.69, 9.17) is 5.73 Å². The Kier molecular flexibility index (Phi) is 3.35. The highest BCUT2D eigenvalue weighted by atomic mass is 14.7. The molecule has 0 saturated heterocycles. The van der Waals surface area contributed by atoms with Crippen molar-refractivity contribution in [2.24, 2.45) is 0 Å². The van der Waals surface area contributed by atoms with Gasteiger partial charge in [0, 0.05) is 23.0 Å². The van der Waals surface area contributed by atoms with Crippen LogP contribution in [-0.2, 0) is 0 Å². The summed E-state index contributed by atoms with van der Waals surface area (Å²) in [5.74, 6) is 0. The molecule has 3 rings (SSSR count). The molecule has 1 heterocycles. The molecule has 0 radical (unpaired) electrons. The molecule has 104 valence electrons. The lowest BCUT2D eigenvalue weighted by atomic mass is 9.91. The largest absolute Gasteiger partial charge is 0.397 e. The molecular weight excluding hydrogens is 272 g/mol. The van der Waals surface area contributed by atoms with Gasteiger partial charge in [0.25, 0.3) is 0 Å². The lowest BCUT2D eigenvalue weighted by Crippen LogP contribution is -2.00. The summed E-state index contributed by atoms with van der Waals surface area (Å²) in [6.07, 6.45) is 1.78. The number of nitrogen functional groups attached to an aromatic ring is 1. The number of nitriles is 2. The third-order valence-corrected chi connectivity index (χ3v) is 3.56. The number of anilines is 1. The fraction of sp³-hybridized carbons (Fsp3) is 0. The van der Waals surface area contributed by atoms with Crippen molar-refractivity contribution < 1.29 is 0 Å². The zero-order valence-electron chi connectivity index (χ0n) is 11.7. The van der Waals surface area contributed by atoms with Gasteiger partial charge >= 0.3 is 0 Å². The zero-order chi connectivity index (χ0) is 15.5. The van der Waals surface area contributed by atoms with E-state index in [-0.39, 0.29) is 5.69 Å². The van der Waals surface area contributed by atoms with E-state index >= 15 is 0 Å². The van der Waals surface area contributed by atoms with Crippen LogP contribution in [0.5, 0.6) is 0 Å². The number of nitrogens with one attached hydrogen (secondary N) is 1. The molecule has 0 fully saturated rings. The van der Waals surface area contributed by atoms with Crippen LogP contribution in [0, 0.1) is 22.7 Å². The second-order valence-corrected chi connectivity index (χ2v) is 4.81. The molecule has 0 atom stereocenters. The molecule has 22 heavy (non-hydrogen) atoms. The fourth-order valence-electron chi connectivity index (χ4n) is 2.50. The Morgan fingerprint density at radius 2 is 1.55 bits per heavy atom. The molecule has 4 heteroatoms. The van der Waals surface area contributed by atoms with Gasteiger partial charge in [0.2, 0.25) is 0 Å². The van der Waals surface area contributed by atoms with Crippen LogP contribution in [0.3, 0.4) is 0 Å². The minimum Gasteiger partial charge on any atom is -0.397 e. The average Bonchev–Trinajstić information content (AvgIpc) is 3.09. The van der Waals surface area contributed by atoms with Crippen molar-refractivity contribution in [2.75, 3.05) is 5.73 Å². The standard InChI is InChI=1S/C18H12N4/c19-10-15-13(12-5-2-1-3-6-12)9-14(16(11-20)18(15)21)17-7-4-8-22-17/h1-9,22H,21H2. The van der Waals surface area contributed by atoms with Crippen LogP contribution in [0.2, 0.25) is 0 Å². The Morgan fingerprint density at radius 1 is 0.864 bits per heavy atom. The smallest absolute Gasteiger partial charge is 0.102 e. The van der Waals surface area contributed by atoms with E-state index in [0.29, 0.717) is 16.7 Å². The predicted molar refractivity (Wildman–Crippen MR) is 85.5 cm³/mol. The van der Waals surface area contributed by atoms with Crippen molar-refractivity contribution in [1.29, 1.82) is 10.5 Å². The van der Waals surface area contributed by atoms with Crippen molar-refractivity contribution in [3.63, 3.8) is 0 Å². The summed E-state index contributed by atoms with van der Waals surface area (Å²) in [5.41, 5.74) is 10.1. The first-order chi connectivity index (χ1) is 10.8. The van der Waals surface area contributed by atoms with Gasteiger partial charge in [0.15, 0.2) is 0 Å². The highest BCUT2D eigenvalue weighted by Crippen LogP contribution is 2.36. The fourth-order valence-corrected chi connectivity index (χ4v) is 2.50. The van der Waals surface area contributed by atoms with E-state index in [1.54, 1.807) is 6.20 Å². The number of hydrogen-bond acceptors (Lipinski definition) is 3. The third-order valence-electron chi connectivity index (χ3n) is 3.56. The maximum atomic E-state index is 9.45. The second kappa shape index (κ2) is 5.47. The Bertz CT molecular complexity index is 895. The summed E-state index contributed by atoms with van der Waals surface area (Å²) in [6, 6.07) is 19.3. The summed E-state index contributed by atoms with van der Waals surface area (Å²) < 4.78 is 0. The van der Waals surface area contributed by atoms with Gasteiger partial charge in [-0.2, -0.15) is 10.5 Å². The third kappa shape index (κ3) is 2.09. The summed E-state index contributed by atoms with van der Waals surface area (Å²) in [6.45, 7) is 0. The number of rotatable bonds is 2. The van der Waals surface area contributed by atoms with Crippen LogP contribution in [0.4, 0.5) is 5.69 Å². The molecule has 0 aliphatic heterocycles. The predicted octanol–water partition coefficient (Wildman–Crippen LogP) is 3.67. The quantitative estimate of drug-likeness (QED) is 0.703. The number of aromatic amines is 1. The number of H-pyrrole nitrogens is 1. The van der Waals surface area contributed by atoms with Gasteiger partial charge < -0.3 is 10.7 Å². The van der Waals surface area contributed by atoms with Crippen molar-refractivity contribution in [3.8, 4) is 34.5 Å². The maximum absolute atomic E-state index is 9.45. The Labute approximate surface area is 128 Å². The SMILES string of the molecule is N#Cc1c(-c2ccccc2)cc(-c2ccc[nH]2)c(C#N)c1N. The van der Waals surface area contributed by atoms with Gasteiger partial charge in [0.1, 0.15) is 12.1 Å². The monoisotopic (exact) mass is 284 g/mol. The van der Waals surface area contributed by atoms with E-state index in [1.165, 1.54) is 0 Å². The van der Waals surface area contributed by atoms with Crippen LogP contribution >= 0.6 is 0 Å². The Morgan fingerprint density at radius 3 is 2.14 bits per heavy atom. The molecule has 1 aromatic heterocycles. The molecule has 0 unspecified atom stereocenters. The minimum absolute atomic E-state index is 0.218. The minimum atomic E-state index is 0.218. The van der Waals surface area contributed by atoms with Crippen molar-refractivity contribution in [2.45, 2.75) is 0 Å². The van der Waals surface area contributed by atoms with E-state index < -0.39 is 0 Å². The highest BCUT2D eigenvalue weighted by molar-refractivity contribution is 5.88. The van der Waals surface area contributed by atoms with Crippen LogP contribution < -0.4 is 5.73 Å². The normalized spacial score (nSPS) is 9.91. The zero-order valence-corrected chi connectivity index (χ0v) is 11.7. The molecule has 4 nitrogen and oxygen atoms in total. The van der Waals surface area contributed by atoms with Gasteiger partial charge in [-0.3, -0.25) is 0 Å². The molecular formula is C18H12N4. The number of hydrogen-bond donors (Lipinski definition) is 2. The van der Waals surface area contributed by atoms with Gasteiger partial charge in [-0.15, -0.1) is 0 Å². The van der Waals surface area contributed by atoms with Crippen LogP contribution in [-0.4, -0.2) is 4.98 Å². The van der Waals surface area contributed by atoms with E-state index in [1.807, 2.05) is 48.5 Å². The average molecular weight is 284 g/mol. The van der Waals surface area contributed by atoms with Gasteiger partial charge in [0.05, 0.1) is 16.8 Å². The Balaban J connectivity index is 2.37. The van der Waals surface area contributed by atoms with Crippen LogP contribution in [0.25, 0.3) is 22.4 Å². The summed E-state index contributed by atoms with van der Waals surface area (Å²) in [5, 5.41) is 18.9. The van der Waals surface area contributed by atoms with Crippen molar-refractivity contribution in [1.82, 2.24) is 4.98 Å². The molecule has 0 spiro atoms. The first-order valence-electron chi connectivity index (χ1n) is 6.72. The van der Waals surface area contributed by atoms with Gasteiger partial charge in [-0.25, -0.2) is 0 Å². The van der Waals surface area contributed by atoms with Gasteiger partial charge in [-0.1, -0.05) is 30.3 Å². The topological polar surface area (TPSA) is 89.4 Å². The van der Waals surface area contributed by atoms with Gasteiger partial charge in [-0.05, 0) is 23.8 Å². The molecule has 0 saturated carbocycles. The number of nitrogens with zero attached hydrogens (tertiary/aromatic N) is 2. The lowest BCUT2D eigenvalue weighted by molar-refractivity contribution is 1.38. The molecule has 3 aromatic rings. The summed E-state index contributed by atoms with van der Waals surface area (Å²) in [7, 11) is 0. The number of benzene rings is 2. The van der Waals surface area contributed by atoms with E-state index in [2.05, 4.69) is 17.1 Å². The lowest BCUT2D eigenvalue weighted by Gasteiger charge is -2.12. The molecule has 3 N–H and O–H groups in total. The number of nitrogens with two attached hydrogens (primary N) is 1. The summed E-state index contributed by atoms with van der Waals surface area (Å²) >= 11 is 0. The number of aromatic nitrogens is 1. The van der Waals surface area contributed by atoms with Crippen molar-refractivity contribution >= 4 is 5.69 Å². The molecule has 2 aromatic carbocycles. The van der Waals surface area contributed by atoms with Crippen molar-refractivity contribution in [3.05, 3.63) is 65.9 Å². The molecule has 0 bridgehead atoms. The van der Waals surface area contributed by atoms with Crippen LogP contribution in [0.15, 0.2) is 54.7 Å². The second-order valence-electron chi connectivity index (χ2n) is 4.81. The first kappa shape index (κ1) is 13.5. The molecule has 0 aliphatic carbocycles. The maximum Gasteiger partial charge on any atom is 0.102 e. The van der Waals surface area contributed by atoms with E-state index in [0.717, 1.165) is 16.8 Å². The molecule has 0 aliphatic rings. The van der Waals surface area contributed by atoms with E-state index in [9.17, 15) is 10.5 Å². The molecule has 0 amide bonds.